The van der Waals surface area contributed by atoms with E-state index in [2.05, 4.69) is 0 Å². The lowest BCUT2D eigenvalue weighted by atomic mass is 9.79. The van der Waals surface area contributed by atoms with Crippen LogP contribution in [-0.4, -0.2) is 27.4 Å². The van der Waals surface area contributed by atoms with Crippen LogP contribution in [0.3, 0.4) is 0 Å². The van der Waals surface area contributed by atoms with Crippen LogP contribution in [0.1, 0.15) is 40.5 Å². The minimum atomic E-state index is -0.193. The van der Waals surface area contributed by atoms with Crippen molar-refractivity contribution in [2.24, 2.45) is 5.73 Å². The molecule has 1 heterocycles. The lowest BCUT2D eigenvalue weighted by Crippen LogP contribution is -2.61. The monoisotopic (exact) mass is 172 g/mol. The summed E-state index contributed by atoms with van der Waals surface area (Å²) in [5.74, 6) is 0. The van der Waals surface area contributed by atoms with Gasteiger partial charge in [0.2, 0.25) is 0 Å². The Morgan fingerprint density at radius 1 is 1.17 bits per heavy atom. The quantitative estimate of drug-likeness (QED) is 0.580. The van der Waals surface area contributed by atoms with Crippen LogP contribution in [0, 0.1) is 0 Å². The predicted molar refractivity (Wildman–Crippen MR) is 49.0 cm³/mol. The summed E-state index contributed by atoms with van der Waals surface area (Å²) in [7, 11) is 0. The van der Waals surface area contributed by atoms with Crippen molar-refractivity contribution in [1.29, 1.82) is 0 Å². The molecular formula is C9H20N2O. The number of rotatable bonds is 0. The van der Waals surface area contributed by atoms with Crippen molar-refractivity contribution in [2.75, 3.05) is 0 Å². The van der Waals surface area contributed by atoms with Crippen LogP contribution in [-0.2, 0) is 0 Å². The van der Waals surface area contributed by atoms with Gasteiger partial charge in [-0.2, -0.15) is 5.06 Å². The zero-order valence-corrected chi connectivity index (χ0v) is 8.46. The Hall–Kier alpha value is -0.120. The van der Waals surface area contributed by atoms with Crippen molar-refractivity contribution in [3.63, 3.8) is 0 Å². The molecule has 0 unspecified atom stereocenters. The van der Waals surface area contributed by atoms with E-state index in [1.54, 1.807) is 0 Å². The fourth-order valence-corrected chi connectivity index (χ4v) is 2.35. The molecular weight excluding hydrogens is 152 g/mol. The SMILES string of the molecule is CC1(C)CC(N)CC(C)(C)[14N]1O. The minimum Gasteiger partial charge on any atom is -0.328 e. The van der Waals surface area contributed by atoms with E-state index in [0.717, 1.165) is 12.8 Å². The summed E-state index contributed by atoms with van der Waals surface area (Å²) in [5.41, 5.74) is 5.52. The van der Waals surface area contributed by atoms with E-state index in [0.29, 0.717) is 0 Å². The lowest BCUT2D eigenvalue weighted by Gasteiger charge is -2.50. The van der Waals surface area contributed by atoms with Gasteiger partial charge in [0, 0.05) is 17.1 Å². The van der Waals surface area contributed by atoms with Gasteiger partial charge in [-0.3, -0.25) is 0 Å². The molecule has 0 bridgehead atoms. The normalized spacial score (nSPS) is 30.5. The van der Waals surface area contributed by atoms with Gasteiger partial charge < -0.3 is 10.9 Å². The zero-order chi connectivity index (χ0) is 9.57. The van der Waals surface area contributed by atoms with Crippen LogP contribution >= 0.6 is 0 Å². The molecule has 0 aliphatic carbocycles. The molecule has 0 aromatic heterocycles. The Kier molecular flexibility index (Phi) is 2.23. The average Bonchev–Trinajstić information content (AvgIpc) is 1.80. The molecule has 3 nitrogen and oxygen atoms in total. The topological polar surface area (TPSA) is 49.5 Å². The van der Waals surface area contributed by atoms with Gasteiger partial charge in [0.05, 0.1) is 0 Å². The van der Waals surface area contributed by atoms with E-state index in [-0.39, 0.29) is 17.1 Å². The highest BCUT2D eigenvalue weighted by atomic mass is 16.5. The number of nitrogens with two attached hydrogens (primary N) is 1. The van der Waals surface area contributed by atoms with Gasteiger partial charge in [0.15, 0.2) is 0 Å². The molecule has 0 spiro atoms. The first-order valence-corrected chi connectivity index (χ1v) is 4.50. The van der Waals surface area contributed by atoms with Crippen molar-refractivity contribution < 1.29 is 5.21 Å². The first-order valence-electron chi connectivity index (χ1n) is 4.50. The van der Waals surface area contributed by atoms with E-state index in [1.165, 1.54) is 5.06 Å². The van der Waals surface area contributed by atoms with Gasteiger partial charge in [-0.15, -0.1) is 0 Å². The second kappa shape index (κ2) is 2.69. The summed E-state index contributed by atoms with van der Waals surface area (Å²) in [4.78, 5) is 0. The van der Waals surface area contributed by atoms with E-state index in [4.69, 9.17) is 5.73 Å². The molecule has 0 radical (unpaired) electrons. The maximum absolute atomic E-state index is 9.86. The van der Waals surface area contributed by atoms with Crippen molar-refractivity contribution in [3.05, 3.63) is 0 Å². The van der Waals surface area contributed by atoms with Gasteiger partial charge in [-0.05, 0) is 40.5 Å². The second-order valence-electron chi connectivity index (χ2n) is 5.10. The highest BCUT2D eigenvalue weighted by Crippen LogP contribution is 2.35. The summed E-state index contributed by atoms with van der Waals surface area (Å²) in [6, 6.07) is 0.207. The molecule has 1 fully saturated rings. The Morgan fingerprint density at radius 3 is 1.83 bits per heavy atom. The van der Waals surface area contributed by atoms with Gasteiger partial charge in [0.1, 0.15) is 0 Å². The molecule has 0 amide bonds. The highest BCUT2D eigenvalue weighted by molar-refractivity contribution is 4.97. The van der Waals surface area contributed by atoms with Gasteiger partial charge in [-0.1, -0.05) is 0 Å². The smallest absolute Gasteiger partial charge is 0.0425 e. The molecule has 0 aromatic rings. The fourth-order valence-electron chi connectivity index (χ4n) is 2.35. The molecule has 1 aliphatic rings. The molecule has 0 aromatic carbocycles. The standard InChI is InChI=1S/C9H20N2O/c1-8(2)5-7(10)6-9(3,4)11(8)12/h7,12H,5-6,10H2,1-4H3/i11+0. The summed E-state index contributed by atoms with van der Waals surface area (Å²) in [6.07, 6.45) is 1.71. The third-order valence-corrected chi connectivity index (χ3v) is 2.67. The fraction of sp³-hybridized carbons (Fsp3) is 1.00. The van der Waals surface area contributed by atoms with E-state index >= 15 is 0 Å². The number of hydrogen-bond donors (Lipinski definition) is 2. The number of hydroxylamine groups is 2. The molecule has 0 saturated carbocycles. The van der Waals surface area contributed by atoms with Crippen LogP contribution in [0.25, 0.3) is 0 Å². The van der Waals surface area contributed by atoms with Crippen LogP contribution in [0.5, 0.6) is 0 Å². The van der Waals surface area contributed by atoms with E-state index in [9.17, 15) is 5.21 Å². The minimum absolute atomic E-state index is 0.193. The lowest BCUT2D eigenvalue weighted by molar-refractivity contribution is -0.244. The highest BCUT2D eigenvalue weighted by Gasteiger charge is 2.43. The Morgan fingerprint density at radius 2 is 1.50 bits per heavy atom. The van der Waals surface area contributed by atoms with Crippen LogP contribution in [0.15, 0.2) is 0 Å². The summed E-state index contributed by atoms with van der Waals surface area (Å²) in [5, 5.41) is 11.3. The molecule has 1 aliphatic heterocycles. The maximum Gasteiger partial charge on any atom is 0.0425 e. The molecule has 1 rings (SSSR count). The van der Waals surface area contributed by atoms with Crippen molar-refractivity contribution in [2.45, 2.75) is 57.7 Å². The van der Waals surface area contributed by atoms with Crippen molar-refractivity contribution >= 4 is 0 Å². The zero-order valence-electron chi connectivity index (χ0n) is 8.46. The van der Waals surface area contributed by atoms with Crippen LogP contribution < -0.4 is 5.73 Å². The van der Waals surface area contributed by atoms with Gasteiger partial charge in [-0.25, -0.2) is 0 Å². The van der Waals surface area contributed by atoms with Gasteiger partial charge >= 0.3 is 0 Å². The summed E-state index contributed by atoms with van der Waals surface area (Å²) >= 11 is 0. The Bertz CT molecular complexity index is 159. The maximum atomic E-state index is 9.86. The molecule has 3 heteroatoms. The molecule has 1 saturated heterocycles. The van der Waals surface area contributed by atoms with Crippen LogP contribution in [0.2, 0.25) is 0 Å². The first kappa shape index (κ1) is 9.96. The Balaban J connectivity index is 2.84. The van der Waals surface area contributed by atoms with E-state index < -0.39 is 0 Å². The summed E-state index contributed by atoms with van der Waals surface area (Å²) in [6.45, 7) is 8.09. The third-order valence-electron chi connectivity index (χ3n) is 2.67. The third kappa shape index (κ3) is 1.63. The number of piperidine rings is 1. The second-order valence-corrected chi connectivity index (χ2v) is 5.10. The average molecular weight is 172 g/mol. The predicted octanol–water partition coefficient (Wildman–Crippen LogP) is 1.36. The van der Waals surface area contributed by atoms with Gasteiger partial charge in [0.25, 0.3) is 0 Å². The molecule has 12 heavy (non-hydrogen) atoms. The molecule has 72 valence electrons. The summed E-state index contributed by atoms with van der Waals surface area (Å²) < 4.78 is 0. The first-order chi connectivity index (χ1) is 5.26. The number of hydrogen-bond acceptors (Lipinski definition) is 3. The molecule has 0 atom stereocenters. The largest absolute Gasteiger partial charge is 0.328 e. The van der Waals surface area contributed by atoms with Crippen molar-refractivity contribution in [1.82, 2.24) is 5.06 Å². The molecule has 3 N–H and O–H groups in total. The van der Waals surface area contributed by atoms with E-state index in [1.807, 2.05) is 27.7 Å². The van der Waals surface area contributed by atoms with Crippen molar-refractivity contribution in [3.8, 4) is 0 Å². The number of nitrogens with zero attached hydrogens (tertiary/aromatic N) is 1. The van der Waals surface area contributed by atoms with Crippen LogP contribution in [0.4, 0.5) is 0 Å². The Labute approximate surface area is 74.5 Å².